The molecule has 6 heteroatoms. The van der Waals surface area contributed by atoms with Crippen molar-refractivity contribution in [3.05, 3.63) is 0 Å². The normalized spacial score (nSPS) is 16.5. The number of esters is 1. The average Bonchev–Trinajstić information content (AvgIpc) is 2.01. The summed E-state index contributed by atoms with van der Waals surface area (Å²) in [6.07, 6.45) is -6.03. The highest BCUT2D eigenvalue weighted by molar-refractivity contribution is 14.1. The average molecular weight is 310 g/mol. The Kier molecular flexibility index (Phi) is 5.01. The minimum Gasteiger partial charge on any atom is -0.452 e. The van der Waals surface area contributed by atoms with Gasteiger partial charge in [-0.05, 0) is 13.3 Å². The van der Waals surface area contributed by atoms with Crippen LogP contribution in [0.2, 0.25) is 0 Å². The molecule has 0 rings (SSSR count). The molecule has 0 fully saturated rings. The van der Waals surface area contributed by atoms with Gasteiger partial charge in [-0.15, -0.1) is 0 Å². The highest BCUT2D eigenvalue weighted by Gasteiger charge is 2.39. The first-order valence-electron chi connectivity index (χ1n) is 3.70. The molecule has 0 bridgehead atoms. The van der Waals surface area contributed by atoms with Crippen molar-refractivity contribution < 1.29 is 22.7 Å². The Balaban J connectivity index is 4.07. The molecule has 0 aliphatic heterocycles. The van der Waals surface area contributed by atoms with Crippen LogP contribution in [0.1, 0.15) is 20.3 Å². The molecule has 0 aliphatic carbocycles. The summed E-state index contributed by atoms with van der Waals surface area (Å²) >= 11 is 1.75. The SMILES string of the molecule is CCC(I)C(=O)OC(C)C(F)(F)F. The molecular weight excluding hydrogens is 300 g/mol. The molecule has 0 aromatic carbocycles. The van der Waals surface area contributed by atoms with Gasteiger partial charge in [-0.3, -0.25) is 4.79 Å². The first-order valence-corrected chi connectivity index (χ1v) is 4.94. The predicted molar refractivity (Wildman–Crippen MR) is 49.7 cm³/mol. The molecule has 78 valence electrons. The molecule has 0 aromatic rings. The maximum absolute atomic E-state index is 11.9. The molecule has 0 saturated carbocycles. The second-order valence-corrected chi connectivity index (χ2v) is 4.00. The van der Waals surface area contributed by atoms with E-state index in [0.717, 1.165) is 6.92 Å². The van der Waals surface area contributed by atoms with Gasteiger partial charge in [0.2, 0.25) is 0 Å². The number of rotatable bonds is 3. The predicted octanol–water partition coefficient (Wildman–Crippen LogP) is 2.69. The minimum absolute atomic E-state index is 0.462. The summed E-state index contributed by atoms with van der Waals surface area (Å²) in [7, 11) is 0. The number of ether oxygens (including phenoxy) is 1. The second kappa shape index (κ2) is 5.02. The summed E-state index contributed by atoms with van der Waals surface area (Å²) < 4.78 is 39.4. The van der Waals surface area contributed by atoms with E-state index in [-0.39, 0.29) is 0 Å². The fraction of sp³-hybridized carbons (Fsp3) is 0.857. The Morgan fingerprint density at radius 1 is 1.54 bits per heavy atom. The molecule has 0 aromatic heterocycles. The Morgan fingerprint density at radius 2 is 2.00 bits per heavy atom. The lowest BCUT2D eigenvalue weighted by Gasteiger charge is -2.17. The molecular formula is C7H10F3IO2. The van der Waals surface area contributed by atoms with Gasteiger partial charge in [-0.25, -0.2) is 0 Å². The van der Waals surface area contributed by atoms with Crippen LogP contribution >= 0.6 is 22.6 Å². The Morgan fingerprint density at radius 3 is 2.31 bits per heavy atom. The Labute approximate surface area is 88.0 Å². The molecule has 2 nitrogen and oxygen atoms in total. The van der Waals surface area contributed by atoms with Gasteiger partial charge in [0, 0.05) is 0 Å². The van der Waals surface area contributed by atoms with Gasteiger partial charge < -0.3 is 4.74 Å². The van der Waals surface area contributed by atoms with Crippen LogP contribution in [0.25, 0.3) is 0 Å². The summed E-state index contributed by atoms with van der Waals surface area (Å²) in [4.78, 5) is 10.9. The number of carbonyl (C=O) groups excluding carboxylic acids is 1. The number of carbonyl (C=O) groups is 1. The van der Waals surface area contributed by atoms with Crippen LogP contribution in [-0.2, 0) is 9.53 Å². The summed E-state index contributed by atoms with van der Waals surface area (Å²) in [5, 5.41) is 0. The molecule has 0 radical (unpaired) electrons. The fourth-order valence-electron chi connectivity index (χ4n) is 0.482. The van der Waals surface area contributed by atoms with Crippen LogP contribution in [0, 0.1) is 0 Å². The minimum atomic E-state index is -4.47. The van der Waals surface area contributed by atoms with E-state index in [4.69, 9.17) is 0 Å². The molecule has 2 atom stereocenters. The first kappa shape index (κ1) is 13.0. The van der Waals surface area contributed by atoms with E-state index in [1.165, 1.54) is 0 Å². The molecule has 0 amide bonds. The highest BCUT2D eigenvalue weighted by Crippen LogP contribution is 2.23. The lowest BCUT2D eigenvalue weighted by Crippen LogP contribution is -2.33. The monoisotopic (exact) mass is 310 g/mol. The zero-order valence-electron chi connectivity index (χ0n) is 7.19. The van der Waals surface area contributed by atoms with E-state index < -0.39 is 22.2 Å². The lowest BCUT2D eigenvalue weighted by molar-refractivity contribution is -0.215. The Bertz CT molecular complexity index is 181. The van der Waals surface area contributed by atoms with Crippen LogP contribution < -0.4 is 0 Å². The van der Waals surface area contributed by atoms with Crippen LogP contribution in [0.15, 0.2) is 0 Å². The number of hydrogen-bond donors (Lipinski definition) is 0. The van der Waals surface area contributed by atoms with Crippen LogP contribution in [0.4, 0.5) is 13.2 Å². The first-order chi connectivity index (χ1) is 5.79. The quantitative estimate of drug-likeness (QED) is 0.455. The molecule has 0 N–H and O–H groups in total. The summed E-state index contributed by atoms with van der Waals surface area (Å²) in [5.41, 5.74) is 0. The van der Waals surface area contributed by atoms with Crippen LogP contribution in [-0.4, -0.2) is 22.2 Å². The zero-order valence-corrected chi connectivity index (χ0v) is 9.35. The number of hydrogen-bond acceptors (Lipinski definition) is 2. The van der Waals surface area contributed by atoms with Crippen molar-refractivity contribution >= 4 is 28.6 Å². The topological polar surface area (TPSA) is 26.3 Å². The van der Waals surface area contributed by atoms with Crippen molar-refractivity contribution in [1.82, 2.24) is 0 Å². The van der Waals surface area contributed by atoms with E-state index in [2.05, 4.69) is 4.74 Å². The number of halogens is 4. The highest BCUT2D eigenvalue weighted by atomic mass is 127. The largest absolute Gasteiger partial charge is 0.452 e. The summed E-state index contributed by atoms with van der Waals surface area (Å²) in [6, 6.07) is 0. The van der Waals surface area contributed by atoms with Gasteiger partial charge in [-0.2, -0.15) is 13.2 Å². The van der Waals surface area contributed by atoms with Crippen LogP contribution in [0.3, 0.4) is 0 Å². The van der Waals surface area contributed by atoms with Gasteiger partial charge in [0.25, 0.3) is 0 Å². The van der Waals surface area contributed by atoms with E-state index in [9.17, 15) is 18.0 Å². The molecule has 0 heterocycles. The Hall–Kier alpha value is -0.0100. The maximum atomic E-state index is 11.9. The van der Waals surface area contributed by atoms with Crippen molar-refractivity contribution in [1.29, 1.82) is 0 Å². The second-order valence-electron chi connectivity index (χ2n) is 2.50. The van der Waals surface area contributed by atoms with E-state index >= 15 is 0 Å². The van der Waals surface area contributed by atoms with Gasteiger partial charge in [0.1, 0.15) is 3.92 Å². The van der Waals surface area contributed by atoms with Gasteiger partial charge in [-0.1, -0.05) is 29.5 Å². The lowest BCUT2D eigenvalue weighted by atomic mass is 10.3. The molecule has 0 aliphatic rings. The molecule has 0 spiro atoms. The van der Waals surface area contributed by atoms with E-state index in [1.54, 1.807) is 29.5 Å². The third-order valence-electron chi connectivity index (χ3n) is 1.37. The number of alkyl halides is 4. The van der Waals surface area contributed by atoms with Gasteiger partial charge in [0.05, 0.1) is 0 Å². The zero-order chi connectivity index (χ0) is 10.6. The third kappa shape index (κ3) is 4.68. The fourth-order valence-corrected chi connectivity index (χ4v) is 0.628. The van der Waals surface area contributed by atoms with Crippen molar-refractivity contribution in [2.24, 2.45) is 0 Å². The standard InChI is InChI=1S/C7H10F3IO2/c1-3-5(11)6(12)13-4(2)7(8,9)10/h4-5H,3H2,1-2H3. The van der Waals surface area contributed by atoms with E-state index in [1.807, 2.05) is 0 Å². The third-order valence-corrected chi connectivity index (χ3v) is 2.76. The van der Waals surface area contributed by atoms with Crippen molar-refractivity contribution in [2.75, 3.05) is 0 Å². The van der Waals surface area contributed by atoms with Gasteiger partial charge >= 0.3 is 12.1 Å². The maximum Gasteiger partial charge on any atom is 0.425 e. The smallest absolute Gasteiger partial charge is 0.425 e. The summed E-state index contributed by atoms with van der Waals surface area (Å²) in [5.74, 6) is -0.812. The molecule has 0 saturated heterocycles. The molecule has 2 unspecified atom stereocenters. The molecule has 13 heavy (non-hydrogen) atoms. The van der Waals surface area contributed by atoms with Gasteiger partial charge in [0.15, 0.2) is 6.10 Å². The van der Waals surface area contributed by atoms with E-state index in [0.29, 0.717) is 6.42 Å². The van der Waals surface area contributed by atoms with Crippen molar-refractivity contribution in [3.8, 4) is 0 Å². The van der Waals surface area contributed by atoms with Crippen molar-refractivity contribution in [2.45, 2.75) is 36.5 Å². The van der Waals surface area contributed by atoms with Crippen molar-refractivity contribution in [3.63, 3.8) is 0 Å². The van der Waals surface area contributed by atoms with Crippen LogP contribution in [0.5, 0.6) is 0 Å². The summed E-state index contributed by atoms with van der Waals surface area (Å²) in [6.45, 7) is 2.52.